The third-order valence-electron chi connectivity index (χ3n) is 3.82. The predicted octanol–water partition coefficient (Wildman–Crippen LogP) is 1.47. The second-order valence-electron chi connectivity index (χ2n) is 6.13. The van der Waals surface area contributed by atoms with E-state index in [9.17, 15) is 14.4 Å². The molecular formula is C19H20N4O5S. The molecule has 0 bridgehead atoms. The fraction of sp³-hybridized carbons (Fsp3) is 0.316. The van der Waals surface area contributed by atoms with Crippen molar-refractivity contribution < 1.29 is 19.1 Å². The summed E-state index contributed by atoms with van der Waals surface area (Å²) in [5, 5.41) is 7.28. The number of nitrogens with zero attached hydrogens (tertiary/aromatic N) is 3. The number of fused-ring (bicyclic) bond motifs is 1. The largest absolute Gasteiger partial charge is 0.458 e. The maximum absolute atomic E-state index is 12.2. The molecule has 0 saturated heterocycles. The molecule has 3 rings (SSSR count). The Bertz CT molecular complexity index is 1090. The molecule has 0 unspecified atom stereocenters. The lowest BCUT2D eigenvalue weighted by atomic mass is 10.1. The Morgan fingerprint density at radius 3 is 2.83 bits per heavy atom. The first-order valence-corrected chi connectivity index (χ1v) is 9.75. The third kappa shape index (κ3) is 5.46. The molecule has 0 aliphatic rings. The number of nitrogens with one attached hydrogen (secondary N) is 1. The van der Waals surface area contributed by atoms with Crippen LogP contribution >= 0.6 is 11.3 Å². The number of hydrogen-bond donors (Lipinski definition) is 1. The number of amides is 1. The molecule has 0 aliphatic carbocycles. The zero-order valence-corrected chi connectivity index (χ0v) is 16.8. The van der Waals surface area contributed by atoms with Crippen molar-refractivity contribution in [1.29, 1.82) is 0 Å². The van der Waals surface area contributed by atoms with Crippen molar-refractivity contribution in [3.63, 3.8) is 0 Å². The molecule has 0 radical (unpaired) electrons. The van der Waals surface area contributed by atoms with Crippen LogP contribution in [0.5, 0.6) is 0 Å². The van der Waals surface area contributed by atoms with Gasteiger partial charge in [-0.15, -0.1) is 0 Å². The van der Waals surface area contributed by atoms with Crippen LogP contribution in [-0.2, 0) is 27.5 Å². The maximum atomic E-state index is 12.2. The van der Waals surface area contributed by atoms with Crippen molar-refractivity contribution >= 4 is 28.2 Å². The molecule has 0 fully saturated rings. The second-order valence-corrected chi connectivity index (χ2v) is 7.17. The molecule has 2 heterocycles. The van der Waals surface area contributed by atoms with Gasteiger partial charge < -0.3 is 14.8 Å². The first-order chi connectivity index (χ1) is 14.0. The van der Waals surface area contributed by atoms with Gasteiger partial charge in [-0.3, -0.25) is 14.4 Å². The summed E-state index contributed by atoms with van der Waals surface area (Å²) in [7, 11) is 0. The van der Waals surface area contributed by atoms with Crippen molar-refractivity contribution in [1.82, 2.24) is 19.9 Å². The summed E-state index contributed by atoms with van der Waals surface area (Å²) >= 11 is 1.23. The minimum absolute atomic E-state index is 0.177. The average Bonchev–Trinajstić information content (AvgIpc) is 3.12. The Kier molecular flexibility index (Phi) is 6.68. The summed E-state index contributed by atoms with van der Waals surface area (Å²) in [6.45, 7) is 4.12. The van der Waals surface area contributed by atoms with Gasteiger partial charge in [0.1, 0.15) is 24.8 Å². The number of aryl methyl sites for hydroxylation is 1. The number of rotatable bonds is 8. The van der Waals surface area contributed by atoms with Gasteiger partial charge >= 0.3 is 5.97 Å². The molecule has 3 aromatic rings. The van der Waals surface area contributed by atoms with Gasteiger partial charge in [-0.1, -0.05) is 29.0 Å². The molecule has 0 saturated carbocycles. The normalized spacial score (nSPS) is 10.8. The third-order valence-corrected chi connectivity index (χ3v) is 4.71. The van der Waals surface area contributed by atoms with Crippen molar-refractivity contribution in [2.24, 2.45) is 0 Å². The van der Waals surface area contributed by atoms with E-state index in [1.165, 1.54) is 21.9 Å². The van der Waals surface area contributed by atoms with E-state index in [1.807, 2.05) is 19.9 Å². The Morgan fingerprint density at radius 1 is 1.24 bits per heavy atom. The summed E-state index contributed by atoms with van der Waals surface area (Å²) in [5.74, 6) is -0.996. The Hall–Kier alpha value is -3.11. The highest BCUT2D eigenvalue weighted by Crippen LogP contribution is 2.12. The summed E-state index contributed by atoms with van der Waals surface area (Å²) in [5.41, 5.74) is 1.35. The summed E-state index contributed by atoms with van der Waals surface area (Å²) in [6, 6.07) is 8.29. The van der Waals surface area contributed by atoms with Crippen molar-refractivity contribution in [3.8, 4) is 0 Å². The highest BCUT2D eigenvalue weighted by Gasteiger charge is 2.12. The van der Waals surface area contributed by atoms with Gasteiger partial charge in [-0.05, 0) is 26.0 Å². The van der Waals surface area contributed by atoms with E-state index in [1.54, 1.807) is 18.2 Å². The van der Waals surface area contributed by atoms with E-state index in [0.29, 0.717) is 34.4 Å². The van der Waals surface area contributed by atoms with Gasteiger partial charge in [0, 0.05) is 18.2 Å². The molecule has 0 aliphatic heterocycles. The Labute approximate surface area is 170 Å². The number of aromatic nitrogens is 3. The van der Waals surface area contributed by atoms with Crippen LogP contribution in [0.4, 0.5) is 0 Å². The number of carbonyl (C=O) groups excluding carboxylic acids is 2. The van der Waals surface area contributed by atoms with Crippen LogP contribution in [-0.4, -0.2) is 39.6 Å². The van der Waals surface area contributed by atoms with Gasteiger partial charge in [0.25, 0.3) is 11.5 Å². The van der Waals surface area contributed by atoms with E-state index in [2.05, 4.69) is 15.4 Å². The van der Waals surface area contributed by atoms with Crippen LogP contribution in [0.2, 0.25) is 0 Å². The van der Waals surface area contributed by atoms with Crippen molar-refractivity contribution in [2.75, 3.05) is 13.2 Å². The number of ether oxygens (including phenoxy) is 2. The molecule has 0 atom stereocenters. The highest BCUT2D eigenvalue weighted by molar-refractivity contribution is 7.16. The lowest BCUT2D eigenvalue weighted by Crippen LogP contribution is -2.30. The first-order valence-electron chi connectivity index (χ1n) is 8.93. The summed E-state index contributed by atoms with van der Waals surface area (Å²) in [4.78, 5) is 40.8. The molecule has 0 spiro atoms. The highest BCUT2D eigenvalue weighted by atomic mass is 32.1. The summed E-state index contributed by atoms with van der Waals surface area (Å²) in [6.07, 6.45) is 0. The van der Waals surface area contributed by atoms with Crippen LogP contribution in [0.25, 0.3) is 4.96 Å². The fourth-order valence-corrected chi connectivity index (χ4v) is 3.32. The molecule has 9 nitrogen and oxygen atoms in total. The molecule has 1 amide bonds. The SMILES string of the molecule is CCOCc1nn2c(=O)cc(COC(=O)CNC(=O)c3cccc(C)c3)nc2s1. The molecule has 152 valence electrons. The number of esters is 1. The van der Waals surface area contributed by atoms with Crippen molar-refractivity contribution in [2.45, 2.75) is 27.1 Å². The lowest BCUT2D eigenvalue weighted by molar-refractivity contribution is -0.143. The van der Waals surface area contributed by atoms with Gasteiger partial charge in [0.2, 0.25) is 4.96 Å². The Balaban J connectivity index is 1.56. The molecule has 1 N–H and O–H groups in total. The molecule has 1 aromatic carbocycles. The number of benzene rings is 1. The topological polar surface area (TPSA) is 112 Å². The van der Waals surface area contributed by atoms with Crippen LogP contribution in [0.1, 0.15) is 33.5 Å². The zero-order chi connectivity index (χ0) is 20.8. The van der Waals surface area contributed by atoms with Crippen LogP contribution in [0.3, 0.4) is 0 Å². The smallest absolute Gasteiger partial charge is 0.325 e. The van der Waals surface area contributed by atoms with Crippen LogP contribution < -0.4 is 10.9 Å². The standard InChI is InChI=1S/C19H20N4O5S/c1-3-27-11-15-22-23-16(24)8-14(21-19(23)29-15)10-28-17(25)9-20-18(26)13-6-4-5-12(2)7-13/h4-8H,3,9-11H2,1-2H3,(H,20,26). The van der Waals surface area contributed by atoms with Gasteiger partial charge in [-0.25, -0.2) is 4.98 Å². The predicted molar refractivity (Wildman–Crippen MR) is 106 cm³/mol. The van der Waals surface area contributed by atoms with Gasteiger partial charge in [0.15, 0.2) is 0 Å². The minimum Gasteiger partial charge on any atom is -0.458 e. The van der Waals surface area contributed by atoms with Gasteiger partial charge in [0.05, 0.1) is 5.69 Å². The van der Waals surface area contributed by atoms with E-state index >= 15 is 0 Å². The maximum Gasteiger partial charge on any atom is 0.325 e. The average molecular weight is 416 g/mol. The van der Waals surface area contributed by atoms with E-state index in [-0.39, 0.29) is 24.6 Å². The van der Waals surface area contributed by atoms with Crippen LogP contribution in [0.15, 0.2) is 35.1 Å². The Morgan fingerprint density at radius 2 is 2.07 bits per heavy atom. The summed E-state index contributed by atoms with van der Waals surface area (Å²) < 4.78 is 11.6. The molecule has 10 heteroatoms. The number of hydrogen-bond acceptors (Lipinski definition) is 8. The zero-order valence-electron chi connectivity index (χ0n) is 16.0. The monoisotopic (exact) mass is 416 g/mol. The quantitative estimate of drug-likeness (QED) is 0.554. The lowest BCUT2D eigenvalue weighted by Gasteiger charge is -2.07. The van der Waals surface area contributed by atoms with E-state index in [0.717, 1.165) is 5.56 Å². The second kappa shape index (κ2) is 9.39. The number of carbonyl (C=O) groups is 2. The van der Waals surface area contributed by atoms with Crippen molar-refractivity contribution in [3.05, 3.63) is 62.5 Å². The van der Waals surface area contributed by atoms with E-state index in [4.69, 9.17) is 9.47 Å². The minimum atomic E-state index is -0.630. The van der Waals surface area contributed by atoms with Crippen LogP contribution in [0, 0.1) is 6.92 Å². The molecule has 29 heavy (non-hydrogen) atoms. The first kappa shape index (κ1) is 20.6. The molecule has 2 aromatic heterocycles. The fourth-order valence-electron chi connectivity index (χ4n) is 2.46. The van der Waals surface area contributed by atoms with E-state index < -0.39 is 5.97 Å². The molecular weight excluding hydrogens is 396 g/mol. The van der Waals surface area contributed by atoms with Gasteiger partial charge in [-0.2, -0.15) is 9.61 Å².